The number of anilines is 1. The van der Waals surface area contributed by atoms with E-state index in [9.17, 15) is 10.1 Å². The number of carbonyl (C=O) groups excluding carboxylic acids is 1. The Morgan fingerprint density at radius 2 is 2.16 bits per heavy atom. The molecule has 6 nitrogen and oxygen atoms in total. The number of para-hydroxylation sites is 1. The Morgan fingerprint density at radius 1 is 1.40 bits per heavy atom. The molecule has 1 saturated carbocycles. The van der Waals surface area contributed by atoms with Crippen LogP contribution in [0.25, 0.3) is 10.9 Å². The van der Waals surface area contributed by atoms with Crippen LogP contribution >= 0.6 is 11.8 Å². The number of benzene rings is 1. The van der Waals surface area contributed by atoms with E-state index in [2.05, 4.69) is 26.7 Å². The standard InChI is InChI=1S/C18H21N5OS/c1-3-20-16-13-6-4-5-7-14(13)21-17(22-16)25-10-15(24)23-18(2,11-19)12-8-9-12/h4-7,12H,3,8-10H2,1-2H3,(H,23,24)(H,20,21,22). The fraction of sp³-hybridized carbons (Fsp3) is 0.444. The van der Waals surface area contributed by atoms with Crippen molar-refractivity contribution in [3.8, 4) is 6.07 Å². The Labute approximate surface area is 151 Å². The molecule has 1 fully saturated rings. The van der Waals surface area contributed by atoms with E-state index in [1.807, 2.05) is 31.2 Å². The smallest absolute Gasteiger partial charge is 0.231 e. The SMILES string of the molecule is CCNc1nc(SCC(=O)NC(C)(C#N)C2CC2)nc2ccccc12. The molecule has 2 aromatic rings. The highest BCUT2D eigenvalue weighted by Crippen LogP contribution is 2.39. The van der Waals surface area contributed by atoms with Gasteiger partial charge in [0.2, 0.25) is 5.91 Å². The molecule has 1 atom stereocenters. The predicted octanol–water partition coefficient (Wildman–Crippen LogP) is 2.96. The second kappa shape index (κ2) is 7.28. The van der Waals surface area contributed by atoms with Crippen LogP contribution < -0.4 is 10.6 Å². The van der Waals surface area contributed by atoms with E-state index < -0.39 is 5.54 Å². The van der Waals surface area contributed by atoms with Gasteiger partial charge in [-0.2, -0.15) is 5.26 Å². The van der Waals surface area contributed by atoms with Gasteiger partial charge in [0.15, 0.2) is 5.16 Å². The van der Waals surface area contributed by atoms with Crippen molar-refractivity contribution in [2.75, 3.05) is 17.6 Å². The summed E-state index contributed by atoms with van der Waals surface area (Å²) in [7, 11) is 0. The van der Waals surface area contributed by atoms with Gasteiger partial charge in [-0.1, -0.05) is 23.9 Å². The van der Waals surface area contributed by atoms with Gasteiger partial charge >= 0.3 is 0 Å². The quantitative estimate of drug-likeness (QED) is 0.586. The largest absolute Gasteiger partial charge is 0.370 e. The van der Waals surface area contributed by atoms with Crippen molar-refractivity contribution < 1.29 is 4.79 Å². The molecule has 1 heterocycles. The molecular formula is C18H21N5OS. The maximum Gasteiger partial charge on any atom is 0.231 e. The summed E-state index contributed by atoms with van der Waals surface area (Å²) in [5.74, 6) is 1.07. The zero-order chi connectivity index (χ0) is 17.9. The number of aromatic nitrogens is 2. The van der Waals surface area contributed by atoms with Gasteiger partial charge in [0.1, 0.15) is 11.4 Å². The Kier molecular flexibility index (Phi) is 5.09. The monoisotopic (exact) mass is 355 g/mol. The van der Waals surface area contributed by atoms with Crippen LogP contribution in [-0.4, -0.2) is 33.7 Å². The van der Waals surface area contributed by atoms with Gasteiger partial charge in [-0.3, -0.25) is 4.79 Å². The second-order valence-electron chi connectivity index (χ2n) is 6.33. The molecule has 7 heteroatoms. The number of fused-ring (bicyclic) bond motifs is 1. The lowest BCUT2D eigenvalue weighted by Crippen LogP contribution is -2.47. The number of rotatable bonds is 7. The van der Waals surface area contributed by atoms with Crippen molar-refractivity contribution in [3.05, 3.63) is 24.3 Å². The minimum absolute atomic E-state index is 0.164. The highest BCUT2D eigenvalue weighted by atomic mass is 32.2. The van der Waals surface area contributed by atoms with E-state index in [4.69, 9.17) is 0 Å². The van der Waals surface area contributed by atoms with Crippen LogP contribution in [0.4, 0.5) is 5.82 Å². The molecule has 0 aliphatic heterocycles. The summed E-state index contributed by atoms with van der Waals surface area (Å²) in [5.41, 5.74) is 0.0767. The Hall–Kier alpha value is -2.33. The molecule has 1 aliphatic carbocycles. The molecule has 0 saturated heterocycles. The minimum Gasteiger partial charge on any atom is -0.370 e. The maximum atomic E-state index is 12.2. The fourth-order valence-electron chi connectivity index (χ4n) is 2.76. The summed E-state index contributed by atoms with van der Waals surface area (Å²) in [4.78, 5) is 21.3. The number of amides is 1. The normalized spacial score (nSPS) is 16.0. The Bertz CT molecular complexity index is 830. The Balaban J connectivity index is 1.70. The van der Waals surface area contributed by atoms with Crippen molar-refractivity contribution >= 4 is 34.4 Å². The number of nitrogens with zero attached hydrogens (tertiary/aromatic N) is 3. The van der Waals surface area contributed by atoms with E-state index in [1.54, 1.807) is 6.92 Å². The topological polar surface area (TPSA) is 90.7 Å². The maximum absolute atomic E-state index is 12.2. The number of hydrogen-bond acceptors (Lipinski definition) is 6. The highest BCUT2D eigenvalue weighted by Gasteiger charge is 2.42. The average molecular weight is 355 g/mol. The van der Waals surface area contributed by atoms with E-state index >= 15 is 0 Å². The number of carbonyl (C=O) groups is 1. The summed E-state index contributed by atoms with van der Waals surface area (Å²) >= 11 is 1.28. The summed E-state index contributed by atoms with van der Waals surface area (Å²) in [6.45, 7) is 4.56. The molecule has 0 bridgehead atoms. The zero-order valence-electron chi connectivity index (χ0n) is 14.4. The average Bonchev–Trinajstić information content (AvgIpc) is 3.46. The molecule has 1 unspecified atom stereocenters. The number of thioether (sulfide) groups is 1. The van der Waals surface area contributed by atoms with E-state index in [-0.39, 0.29) is 17.6 Å². The van der Waals surface area contributed by atoms with Gasteiger partial charge in [0.05, 0.1) is 17.3 Å². The number of nitrogens with one attached hydrogen (secondary N) is 2. The van der Waals surface area contributed by atoms with Crippen molar-refractivity contribution in [2.24, 2.45) is 5.92 Å². The van der Waals surface area contributed by atoms with Gasteiger partial charge < -0.3 is 10.6 Å². The van der Waals surface area contributed by atoms with Crippen LogP contribution in [0.2, 0.25) is 0 Å². The first-order valence-electron chi connectivity index (χ1n) is 8.41. The van der Waals surface area contributed by atoms with E-state index in [1.165, 1.54) is 11.8 Å². The zero-order valence-corrected chi connectivity index (χ0v) is 15.2. The molecule has 1 aliphatic rings. The second-order valence-corrected chi connectivity index (χ2v) is 7.27. The lowest BCUT2D eigenvalue weighted by atomic mass is 9.98. The summed E-state index contributed by atoms with van der Waals surface area (Å²) < 4.78 is 0. The third-order valence-corrected chi connectivity index (χ3v) is 5.13. The van der Waals surface area contributed by atoms with Crippen molar-refractivity contribution in [1.29, 1.82) is 5.26 Å². The predicted molar refractivity (Wildman–Crippen MR) is 99.3 cm³/mol. The van der Waals surface area contributed by atoms with Crippen LogP contribution in [0.5, 0.6) is 0 Å². The van der Waals surface area contributed by atoms with Crippen LogP contribution in [-0.2, 0) is 4.79 Å². The third-order valence-electron chi connectivity index (χ3n) is 4.28. The van der Waals surface area contributed by atoms with Crippen LogP contribution in [0, 0.1) is 17.2 Å². The minimum atomic E-state index is -0.767. The summed E-state index contributed by atoms with van der Waals surface area (Å²) in [5, 5.41) is 17.0. The lowest BCUT2D eigenvalue weighted by molar-refractivity contribution is -0.119. The molecular weight excluding hydrogens is 334 g/mol. The lowest BCUT2D eigenvalue weighted by Gasteiger charge is -2.22. The molecule has 1 amide bonds. The van der Waals surface area contributed by atoms with Crippen LogP contribution in [0.3, 0.4) is 0 Å². The summed E-state index contributed by atoms with van der Waals surface area (Å²) in [6, 6.07) is 10.0. The van der Waals surface area contributed by atoms with Crippen LogP contribution in [0.1, 0.15) is 26.7 Å². The molecule has 130 valence electrons. The number of nitriles is 1. The van der Waals surface area contributed by atoms with Crippen LogP contribution in [0.15, 0.2) is 29.4 Å². The van der Waals surface area contributed by atoms with Gasteiger partial charge in [0, 0.05) is 11.9 Å². The highest BCUT2D eigenvalue weighted by molar-refractivity contribution is 7.99. The molecule has 25 heavy (non-hydrogen) atoms. The molecule has 3 rings (SSSR count). The Morgan fingerprint density at radius 3 is 2.84 bits per heavy atom. The molecule has 1 aromatic heterocycles. The van der Waals surface area contributed by atoms with Gasteiger partial charge in [-0.05, 0) is 44.7 Å². The molecule has 2 N–H and O–H groups in total. The van der Waals surface area contributed by atoms with E-state index in [0.29, 0.717) is 5.16 Å². The van der Waals surface area contributed by atoms with Crippen molar-refractivity contribution in [3.63, 3.8) is 0 Å². The molecule has 0 radical (unpaired) electrons. The van der Waals surface area contributed by atoms with Gasteiger partial charge in [0.25, 0.3) is 0 Å². The molecule has 0 spiro atoms. The first kappa shape index (κ1) is 17.5. The van der Waals surface area contributed by atoms with Crippen molar-refractivity contribution in [1.82, 2.24) is 15.3 Å². The van der Waals surface area contributed by atoms with E-state index in [0.717, 1.165) is 36.1 Å². The van der Waals surface area contributed by atoms with Gasteiger partial charge in [-0.15, -0.1) is 0 Å². The van der Waals surface area contributed by atoms with Gasteiger partial charge in [-0.25, -0.2) is 9.97 Å². The first-order valence-corrected chi connectivity index (χ1v) is 9.40. The first-order chi connectivity index (χ1) is 12.1. The third kappa shape index (κ3) is 4.02. The molecule has 1 aromatic carbocycles. The fourth-order valence-corrected chi connectivity index (χ4v) is 3.41. The summed E-state index contributed by atoms with van der Waals surface area (Å²) in [6.07, 6.45) is 1.99. The van der Waals surface area contributed by atoms with Crippen molar-refractivity contribution in [2.45, 2.75) is 37.4 Å². The number of hydrogen-bond donors (Lipinski definition) is 2.